The van der Waals surface area contributed by atoms with Crippen LogP contribution >= 0.6 is 0 Å². The van der Waals surface area contributed by atoms with E-state index in [0.717, 1.165) is 45.1 Å². The summed E-state index contributed by atoms with van der Waals surface area (Å²) in [6.07, 6.45) is 6.95. The van der Waals surface area contributed by atoms with Crippen molar-refractivity contribution in [2.24, 2.45) is 5.41 Å². The molecule has 4 rings (SSSR count). The summed E-state index contributed by atoms with van der Waals surface area (Å²) in [4.78, 5) is 17.4. The van der Waals surface area contributed by atoms with Crippen LogP contribution in [0.25, 0.3) is 0 Å². The molecule has 3 heterocycles. The molecule has 1 N–H and O–H groups in total. The molecule has 3 saturated heterocycles. The summed E-state index contributed by atoms with van der Waals surface area (Å²) in [6.45, 7) is 6.48. The molecule has 4 nitrogen and oxygen atoms in total. The van der Waals surface area contributed by atoms with E-state index in [2.05, 4.69) is 39.4 Å². The zero-order valence-corrected chi connectivity index (χ0v) is 15.3. The fraction of sp³-hybridized carbons (Fsp3) is 0.667. The molecule has 4 heteroatoms. The van der Waals surface area contributed by atoms with Gasteiger partial charge in [-0.2, -0.15) is 0 Å². The number of hydrogen-bond donors (Lipinski definition) is 1. The van der Waals surface area contributed by atoms with Crippen molar-refractivity contribution in [2.75, 3.05) is 32.7 Å². The number of nitrogens with one attached hydrogen (secondary N) is 1. The van der Waals surface area contributed by atoms with Crippen molar-refractivity contribution in [3.8, 4) is 0 Å². The molecule has 0 aliphatic carbocycles. The van der Waals surface area contributed by atoms with Crippen LogP contribution in [0.3, 0.4) is 0 Å². The van der Waals surface area contributed by atoms with E-state index < -0.39 is 0 Å². The number of rotatable bonds is 3. The summed E-state index contributed by atoms with van der Waals surface area (Å²) < 4.78 is 0. The van der Waals surface area contributed by atoms with Gasteiger partial charge in [0.15, 0.2) is 0 Å². The van der Waals surface area contributed by atoms with Gasteiger partial charge in [-0.1, -0.05) is 30.3 Å². The largest absolute Gasteiger partial charge is 0.338 e. The Morgan fingerprint density at radius 1 is 1.08 bits per heavy atom. The van der Waals surface area contributed by atoms with E-state index in [1.807, 2.05) is 6.07 Å². The van der Waals surface area contributed by atoms with Crippen LogP contribution in [0.5, 0.6) is 0 Å². The topological polar surface area (TPSA) is 35.6 Å². The highest BCUT2D eigenvalue weighted by Crippen LogP contribution is 2.40. The third-order valence-electron chi connectivity index (χ3n) is 6.48. The minimum atomic E-state index is 0.325. The third-order valence-corrected chi connectivity index (χ3v) is 6.48. The third kappa shape index (κ3) is 3.90. The number of piperidine rings is 3. The minimum absolute atomic E-state index is 0.325. The van der Waals surface area contributed by atoms with Crippen molar-refractivity contribution in [1.29, 1.82) is 0 Å². The van der Waals surface area contributed by atoms with Crippen LogP contribution in [0.1, 0.15) is 44.1 Å². The van der Waals surface area contributed by atoms with Crippen molar-refractivity contribution in [3.63, 3.8) is 0 Å². The van der Waals surface area contributed by atoms with Crippen LogP contribution in [0.4, 0.5) is 0 Å². The molecule has 1 unspecified atom stereocenters. The lowest BCUT2D eigenvalue weighted by molar-refractivity contribution is -0.140. The van der Waals surface area contributed by atoms with E-state index in [4.69, 9.17) is 0 Å². The van der Waals surface area contributed by atoms with Crippen LogP contribution < -0.4 is 5.32 Å². The average molecular weight is 341 g/mol. The Bertz CT molecular complexity index is 584. The summed E-state index contributed by atoms with van der Waals surface area (Å²) in [7, 11) is 0. The van der Waals surface area contributed by atoms with Gasteiger partial charge in [-0.3, -0.25) is 9.69 Å². The molecule has 0 saturated carbocycles. The van der Waals surface area contributed by atoms with Gasteiger partial charge in [-0.15, -0.1) is 0 Å². The SMILES string of the molecule is O=C1CCC2(CCCN(C3CCNCC3)C2)CN1Cc1ccccc1. The van der Waals surface area contributed by atoms with Gasteiger partial charge >= 0.3 is 0 Å². The number of nitrogens with zero attached hydrogens (tertiary/aromatic N) is 2. The van der Waals surface area contributed by atoms with Gasteiger partial charge in [0, 0.05) is 37.5 Å². The zero-order valence-electron chi connectivity index (χ0n) is 15.3. The summed E-state index contributed by atoms with van der Waals surface area (Å²) in [5, 5.41) is 3.49. The summed E-state index contributed by atoms with van der Waals surface area (Å²) in [5.41, 5.74) is 1.57. The van der Waals surface area contributed by atoms with E-state index in [-0.39, 0.29) is 0 Å². The first kappa shape index (κ1) is 17.0. The predicted octanol–water partition coefficient (Wildman–Crippen LogP) is 2.64. The molecule has 3 aliphatic rings. The number of carbonyl (C=O) groups excluding carboxylic acids is 1. The summed E-state index contributed by atoms with van der Waals surface area (Å²) >= 11 is 0. The molecular formula is C21H31N3O. The maximum atomic E-state index is 12.5. The van der Waals surface area contributed by atoms with Crippen LogP contribution in [-0.4, -0.2) is 54.5 Å². The monoisotopic (exact) mass is 341 g/mol. The van der Waals surface area contributed by atoms with Crippen LogP contribution in [0, 0.1) is 5.41 Å². The van der Waals surface area contributed by atoms with Gasteiger partial charge in [0.25, 0.3) is 0 Å². The van der Waals surface area contributed by atoms with Crippen LogP contribution in [0.15, 0.2) is 30.3 Å². The van der Waals surface area contributed by atoms with Crippen molar-refractivity contribution in [3.05, 3.63) is 35.9 Å². The van der Waals surface area contributed by atoms with Crippen molar-refractivity contribution in [2.45, 2.75) is 51.1 Å². The van der Waals surface area contributed by atoms with Gasteiger partial charge in [-0.05, 0) is 57.3 Å². The molecule has 1 aromatic rings. The van der Waals surface area contributed by atoms with E-state index in [9.17, 15) is 4.79 Å². The molecule has 1 spiro atoms. The van der Waals surface area contributed by atoms with E-state index in [1.54, 1.807) is 0 Å². The number of benzene rings is 1. The van der Waals surface area contributed by atoms with Crippen LogP contribution in [-0.2, 0) is 11.3 Å². The second-order valence-corrected chi connectivity index (χ2v) is 8.29. The molecule has 25 heavy (non-hydrogen) atoms. The lowest BCUT2D eigenvalue weighted by atomic mass is 9.73. The van der Waals surface area contributed by atoms with Crippen molar-refractivity contribution < 1.29 is 4.79 Å². The van der Waals surface area contributed by atoms with Gasteiger partial charge in [0.05, 0.1) is 0 Å². The quantitative estimate of drug-likeness (QED) is 0.918. The first-order valence-electron chi connectivity index (χ1n) is 10.0. The Morgan fingerprint density at radius 3 is 2.68 bits per heavy atom. The highest BCUT2D eigenvalue weighted by molar-refractivity contribution is 5.77. The smallest absolute Gasteiger partial charge is 0.222 e. The fourth-order valence-corrected chi connectivity index (χ4v) is 5.11. The molecule has 1 aromatic carbocycles. The second kappa shape index (κ2) is 7.46. The lowest BCUT2D eigenvalue weighted by Crippen LogP contribution is -2.56. The molecule has 0 radical (unpaired) electrons. The number of amides is 1. The first-order chi connectivity index (χ1) is 12.2. The Morgan fingerprint density at radius 2 is 1.88 bits per heavy atom. The Balaban J connectivity index is 1.44. The first-order valence-corrected chi connectivity index (χ1v) is 10.0. The molecule has 3 aliphatic heterocycles. The standard InChI is InChI=1S/C21H31N3O/c25-20-7-11-21(17-24(20)15-18-5-2-1-3-6-18)10-4-14-23(16-21)19-8-12-22-13-9-19/h1-3,5-6,19,22H,4,7-17H2. The zero-order chi connectivity index (χ0) is 17.1. The minimum Gasteiger partial charge on any atom is -0.338 e. The number of hydrogen-bond acceptors (Lipinski definition) is 3. The normalized spacial score (nSPS) is 29.3. The maximum absolute atomic E-state index is 12.5. The number of carbonyl (C=O) groups is 1. The maximum Gasteiger partial charge on any atom is 0.222 e. The second-order valence-electron chi connectivity index (χ2n) is 8.29. The van der Waals surface area contributed by atoms with E-state index >= 15 is 0 Å². The fourth-order valence-electron chi connectivity index (χ4n) is 5.11. The molecule has 136 valence electrons. The van der Waals surface area contributed by atoms with Crippen molar-refractivity contribution >= 4 is 5.91 Å². The molecule has 0 aromatic heterocycles. The average Bonchev–Trinajstić information content (AvgIpc) is 2.67. The number of likely N-dealkylation sites (tertiary alicyclic amines) is 2. The Kier molecular flexibility index (Phi) is 5.09. The predicted molar refractivity (Wildman–Crippen MR) is 100 cm³/mol. The summed E-state index contributed by atoms with van der Waals surface area (Å²) in [5.74, 6) is 0.341. The van der Waals surface area contributed by atoms with Crippen LogP contribution in [0.2, 0.25) is 0 Å². The molecular weight excluding hydrogens is 310 g/mol. The van der Waals surface area contributed by atoms with E-state index in [1.165, 1.54) is 44.3 Å². The van der Waals surface area contributed by atoms with Gasteiger partial charge in [-0.25, -0.2) is 0 Å². The molecule has 0 bridgehead atoms. The molecule has 1 amide bonds. The van der Waals surface area contributed by atoms with Gasteiger partial charge < -0.3 is 10.2 Å². The van der Waals surface area contributed by atoms with Gasteiger partial charge in [0.2, 0.25) is 5.91 Å². The molecule has 3 fully saturated rings. The molecule has 1 atom stereocenters. The Labute approximate surface area is 151 Å². The Hall–Kier alpha value is -1.39. The van der Waals surface area contributed by atoms with Gasteiger partial charge in [0.1, 0.15) is 0 Å². The van der Waals surface area contributed by atoms with Crippen molar-refractivity contribution in [1.82, 2.24) is 15.1 Å². The highest BCUT2D eigenvalue weighted by Gasteiger charge is 2.42. The lowest BCUT2D eigenvalue weighted by Gasteiger charge is -2.50. The highest BCUT2D eigenvalue weighted by atomic mass is 16.2. The van der Waals surface area contributed by atoms with E-state index in [0.29, 0.717) is 11.3 Å². The summed E-state index contributed by atoms with van der Waals surface area (Å²) in [6, 6.07) is 11.2.